The second-order valence-electron chi connectivity index (χ2n) is 5.32. The summed E-state index contributed by atoms with van der Waals surface area (Å²) in [5, 5.41) is 6.48. The Balaban J connectivity index is 0.00000161. The highest BCUT2D eigenvalue weighted by Gasteiger charge is 2.23. The van der Waals surface area contributed by atoms with E-state index in [4.69, 9.17) is 4.74 Å². The summed E-state index contributed by atoms with van der Waals surface area (Å²) >= 11 is 1.91. The molecule has 116 valence electrons. The molecule has 0 saturated carbocycles. The number of amides is 1. The van der Waals surface area contributed by atoms with Gasteiger partial charge in [0.25, 0.3) is 0 Å². The van der Waals surface area contributed by atoms with Gasteiger partial charge in [-0.3, -0.25) is 4.79 Å². The van der Waals surface area contributed by atoms with Gasteiger partial charge in [-0.25, -0.2) is 0 Å². The lowest BCUT2D eigenvalue weighted by atomic mass is 10.0. The molecule has 1 amide bonds. The largest absolute Gasteiger partial charge is 0.491 e. The van der Waals surface area contributed by atoms with Crippen molar-refractivity contribution in [3.63, 3.8) is 0 Å². The number of hydrogen-bond acceptors (Lipinski definition) is 4. The van der Waals surface area contributed by atoms with Crippen molar-refractivity contribution >= 4 is 30.1 Å². The third-order valence-corrected chi connectivity index (χ3v) is 4.81. The Hall–Kier alpha value is -0.910. The molecule has 2 heterocycles. The molecule has 3 rings (SSSR count). The molecule has 0 bridgehead atoms. The molecule has 2 N–H and O–H groups in total. The van der Waals surface area contributed by atoms with Crippen molar-refractivity contribution in [1.29, 1.82) is 0 Å². The second kappa shape index (κ2) is 7.92. The highest BCUT2D eigenvalue weighted by Crippen LogP contribution is 2.23. The monoisotopic (exact) mass is 328 g/mol. The Morgan fingerprint density at radius 3 is 3.10 bits per heavy atom. The predicted molar refractivity (Wildman–Crippen MR) is 88.6 cm³/mol. The summed E-state index contributed by atoms with van der Waals surface area (Å²) in [7, 11) is 0. The molecule has 0 spiro atoms. The van der Waals surface area contributed by atoms with Crippen molar-refractivity contribution in [2.75, 3.05) is 24.7 Å². The van der Waals surface area contributed by atoms with Crippen LogP contribution in [0, 0.1) is 0 Å². The summed E-state index contributed by atoms with van der Waals surface area (Å²) in [5.41, 5.74) is 1.18. The number of rotatable bonds is 3. The Kier molecular flexibility index (Phi) is 6.21. The zero-order valence-corrected chi connectivity index (χ0v) is 13.5. The average Bonchev–Trinajstić information content (AvgIpc) is 2.48. The van der Waals surface area contributed by atoms with E-state index >= 15 is 0 Å². The lowest BCUT2D eigenvalue weighted by molar-refractivity contribution is -0.122. The molecule has 1 fully saturated rings. The fourth-order valence-corrected chi connectivity index (χ4v) is 3.63. The van der Waals surface area contributed by atoms with E-state index < -0.39 is 0 Å². The summed E-state index contributed by atoms with van der Waals surface area (Å²) in [5.74, 6) is 3.24. The van der Waals surface area contributed by atoms with Crippen molar-refractivity contribution in [3.05, 3.63) is 29.8 Å². The Labute approximate surface area is 135 Å². The van der Waals surface area contributed by atoms with Gasteiger partial charge in [-0.2, -0.15) is 11.8 Å². The third-order valence-electron chi connectivity index (χ3n) is 3.67. The number of fused-ring (bicyclic) bond motifs is 1. The molecule has 2 aliphatic heterocycles. The van der Waals surface area contributed by atoms with E-state index in [-0.39, 0.29) is 24.4 Å². The molecule has 2 unspecified atom stereocenters. The van der Waals surface area contributed by atoms with Gasteiger partial charge in [-0.1, -0.05) is 18.2 Å². The number of ether oxygens (including phenoxy) is 1. The van der Waals surface area contributed by atoms with Gasteiger partial charge < -0.3 is 15.4 Å². The number of hydrogen-bond donors (Lipinski definition) is 2. The summed E-state index contributed by atoms with van der Waals surface area (Å²) in [6.45, 7) is 1.57. The number of carbonyl (C=O) groups excluding carboxylic acids is 1. The highest BCUT2D eigenvalue weighted by molar-refractivity contribution is 7.99. The highest BCUT2D eigenvalue weighted by atomic mass is 35.5. The van der Waals surface area contributed by atoms with E-state index in [2.05, 4.69) is 16.7 Å². The van der Waals surface area contributed by atoms with Crippen molar-refractivity contribution in [2.45, 2.75) is 24.9 Å². The molecule has 2 atom stereocenters. The van der Waals surface area contributed by atoms with Crippen molar-refractivity contribution < 1.29 is 9.53 Å². The van der Waals surface area contributed by atoms with Crippen LogP contribution in [-0.4, -0.2) is 42.6 Å². The summed E-state index contributed by atoms with van der Waals surface area (Å²) < 4.78 is 5.69. The maximum absolute atomic E-state index is 12.1. The maximum atomic E-state index is 12.1. The van der Waals surface area contributed by atoms with Crippen LogP contribution in [0.25, 0.3) is 0 Å². The fraction of sp³-hybridized carbons (Fsp3) is 0.533. The minimum atomic E-state index is 0. The van der Waals surface area contributed by atoms with E-state index in [0.29, 0.717) is 19.1 Å². The van der Waals surface area contributed by atoms with Crippen molar-refractivity contribution in [2.24, 2.45) is 0 Å². The number of nitrogens with one attached hydrogen (secondary N) is 2. The lowest BCUT2D eigenvalue weighted by Gasteiger charge is -2.27. The van der Waals surface area contributed by atoms with E-state index in [9.17, 15) is 4.79 Å². The first-order valence-corrected chi connectivity index (χ1v) is 8.28. The summed E-state index contributed by atoms with van der Waals surface area (Å²) in [4.78, 5) is 12.1. The van der Waals surface area contributed by atoms with E-state index in [1.165, 1.54) is 5.56 Å². The van der Waals surface area contributed by atoms with Crippen LogP contribution >= 0.6 is 24.2 Å². The van der Waals surface area contributed by atoms with Gasteiger partial charge in [0.2, 0.25) is 5.91 Å². The molecule has 21 heavy (non-hydrogen) atoms. The number of para-hydroxylation sites is 1. The minimum absolute atomic E-state index is 0. The number of carbonyl (C=O) groups is 1. The zero-order valence-electron chi connectivity index (χ0n) is 11.8. The summed E-state index contributed by atoms with van der Waals surface area (Å²) in [6.07, 6.45) is 1.42. The van der Waals surface area contributed by atoms with Crippen LogP contribution in [0.2, 0.25) is 0 Å². The van der Waals surface area contributed by atoms with E-state index in [1.54, 1.807) is 0 Å². The van der Waals surface area contributed by atoms with Crippen LogP contribution in [0.1, 0.15) is 12.0 Å². The quantitative estimate of drug-likeness (QED) is 0.885. The maximum Gasteiger partial charge on any atom is 0.221 e. The van der Waals surface area contributed by atoms with E-state index in [0.717, 1.165) is 30.2 Å². The predicted octanol–water partition coefficient (Wildman–Crippen LogP) is 1.62. The van der Waals surface area contributed by atoms with Gasteiger partial charge >= 0.3 is 0 Å². The van der Waals surface area contributed by atoms with Gasteiger partial charge in [0.1, 0.15) is 12.4 Å². The normalized spacial score (nSPS) is 24.2. The smallest absolute Gasteiger partial charge is 0.221 e. The second-order valence-corrected chi connectivity index (χ2v) is 6.47. The Morgan fingerprint density at radius 2 is 2.29 bits per heavy atom. The van der Waals surface area contributed by atoms with Crippen molar-refractivity contribution in [1.82, 2.24) is 10.6 Å². The molecular formula is C15H21ClN2O2S. The fourth-order valence-electron chi connectivity index (χ4n) is 2.68. The Bertz CT molecular complexity index is 480. The topological polar surface area (TPSA) is 50.4 Å². The third kappa shape index (κ3) is 4.53. The van der Waals surface area contributed by atoms with Gasteiger partial charge in [-0.05, 0) is 18.1 Å². The first-order valence-electron chi connectivity index (χ1n) is 7.12. The van der Waals surface area contributed by atoms with Crippen molar-refractivity contribution in [3.8, 4) is 5.75 Å². The summed E-state index contributed by atoms with van der Waals surface area (Å²) in [6, 6.07) is 8.43. The van der Waals surface area contributed by atoms with Crippen LogP contribution in [0.5, 0.6) is 5.75 Å². The molecule has 0 aliphatic carbocycles. The van der Waals surface area contributed by atoms with Gasteiger partial charge in [0.15, 0.2) is 0 Å². The SMILES string of the molecule is Cl.O=C(CC1CSCCN1)NC1COc2ccccc2C1. The van der Waals surface area contributed by atoms with Gasteiger partial charge in [0, 0.05) is 30.5 Å². The molecular weight excluding hydrogens is 308 g/mol. The molecule has 0 aromatic heterocycles. The first kappa shape index (κ1) is 16.5. The lowest BCUT2D eigenvalue weighted by Crippen LogP contribution is -2.46. The van der Waals surface area contributed by atoms with Gasteiger partial charge in [0.05, 0.1) is 6.04 Å². The molecule has 1 aromatic carbocycles. The zero-order chi connectivity index (χ0) is 13.8. The molecule has 1 saturated heterocycles. The molecule has 1 aromatic rings. The van der Waals surface area contributed by atoms with Crippen LogP contribution < -0.4 is 15.4 Å². The molecule has 6 heteroatoms. The van der Waals surface area contributed by atoms with Crippen LogP contribution in [0.3, 0.4) is 0 Å². The number of halogens is 1. The van der Waals surface area contributed by atoms with Crippen LogP contribution in [-0.2, 0) is 11.2 Å². The first-order chi connectivity index (χ1) is 9.81. The molecule has 4 nitrogen and oxygen atoms in total. The molecule has 0 radical (unpaired) electrons. The Morgan fingerprint density at radius 1 is 1.43 bits per heavy atom. The minimum Gasteiger partial charge on any atom is -0.491 e. The van der Waals surface area contributed by atoms with Crippen LogP contribution in [0.15, 0.2) is 24.3 Å². The average molecular weight is 329 g/mol. The van der Waals surface area contributed by atoms with Crippen LogP contribution in [0.4, 0.5) is 0 Å². The van der Waals surface area contributed by atoms with Gasteiger partial charge in [-0.15, -0.1) is 12.4 Å². The molecule has 2 aliphatic rings. The number of benzene rings is 1. The number of thioether (sulfide) groups is 1. The van der Waals surface area contributed by atoms with E-state index in [1.807, 2.05) is 30.0 Å². The standard InChI is InChI=1S/C15H20N2O2S.ClH/c18-15(8-13-10-20-6-5-16-13)17-12-7-11-3-1-2-4-14(11)19-9-12;/h1-4,12-13,16H,5-10H2,(H,17,18);1H.